The Morgan fingerprint density at radius 3 is 2.64 bits per heavy atom. The van der Waals surface area contributed by atoms with Gasteiger partial charge in [0.25, 0.3) is 0 Å². The van der Waals surface area contributed by atoms with E-state index in [4.69, 9.17) is 9.84 Å². The molecule has 0 atom stereocenters. The van der Waals surface area contributed by atoms with E-state index in [-0.39, 0.29) is 12.2 Å². The summed E-state index contributed by atoms with van der Waals surface area (Å²) in [7, 11) is 0. The Morgan fingerprint density at radius 2 is 1.95 bits per heavy atom. The van der Waals surface area contributed by atoms with Crippen molar-refractivity contribution in [3.63, 3.8) is 0 Å². The Morgan fingerprint density at radius 1 is 1.23 bits per heavy atom. The third-order valence-electron chi connectivity index (χ3n) is 2.93. The van der Waals surface area contributed by atoms with Gasteiger partial charge in [-0.3, -0.25) is 4.79 Å². The molecule has 0 saturated heterocycles. The Labute approximate surface area is 133 Å². The molecule has 2 aromatic rings. The zero-order valence-corrected chi connectivity index (χ0v) is 13.0. The van der Waals surface area contributed by atoms with Crippen LogP contribution in [-0.2, 0) is 4.79 Å². The summed E-state index contributed by atoms with van der Waals surface area (Å²) in [6.07, 6.45) is 0.761. The second kappa shape index (κ2) is 7.84. The van der Waals surface area contributed by atoms with Gasteiger partial charge in [0, 0.05) is 6.42 Å². The van der Waals surface area contributed by atoms with Crippen LogP contribution in [0.1, 0.15) is 18.4 Å². The summed E-state index contributed by atoms with van der Waals surface area (Å²) in [5.74, 6) is 0.883. The lowest BCUT2D eigenvalue weighted by atomic mass is 10.2. The highest BCUT2D eigenvalue weighted by Crippen LogP contribution is 2.34. The molecule has 0 aliphatic carbocycles. The highest BCUT2D eigenvalue weighted by atomic mass is 32.2. The Hall–Kier alpha value is -2.01. The fourth-order valence-corrected chi connectivity index (χ4v) is 2.77. The molecule has 3 nitrogen and oxygen atoms in total. The van der Waals surface area contributed by atoms with Gasteiger partial charge in [0.1, 0.15) is 17.3 Å². The van der Waals surface area contributed by atoms with E-state index in [0.29, 0.717) is 23.7 Å². The number of carbonyl (C=O) groups is 1. The van der Waals surface area contributed by atoms with Crippen molar-refractivity contribution in [2.75, 3.05) is 5.75 Å². The molecule has 2 rings (SSSR count). The molecule has 0 aliphatic heterocycles. The molecular formula is C17H17FO3S. The normalized spacial score (nSPS) is 10.5. The lowest BCUT2D eigenvalue weighted by Crippen LogP contribution is -1.95. The van der Waals surface area contributed by atoms with Crippen LogP contribution in [0.2, 0.25) is 0 Å². The minimum Gasteiger partial charge on any atom is -0.481 e. The summed E-state index contributed by atoms with van der Waals surface area (Å²) in [6, 6.07) is 11.7. The van der Waals surface area contributed by atoms with Crippen LogP contribution in [0.15, 0.2) is 47.4 Å². The zero-order chi connectivity index (χ0) is 15.9. The molecule has 0 fully saturated rings. The predicted molar refractivity (Wildman–Crippen MR) is 85.2 cm³/mol. The van der Waals surface area contributed by atoms with Crippen molar-refractivity contribution >= 4 is 17.7 Å². The molecule has 0 amide bonds. The van der Waals surface area contributed by atoms with Gasteiger partial charge in [0.15, 0.2) is 0 Å². The maximum Gasteiger partial charge on any atom is 0.303 e. The second-order valence-corrected chi connectivity index (χ2v) is 5.99. The fraction of sp³-hybridized carbons (Fsp3) is 0.235. The second-order valence-electron chi connectivity index (χ2n) is 4.85. The van der Waals surface area contributed by atoms with Crippen LogP contribution in [0.25, 0.3) is 0 Å². The highest BCUT2D eigenvalue weighted by molar-refractivity contribution is 7.99. The van der Waals surface area contributed by atoms with Gasteiger partial charge in [-0.2, -0.15) is 0 Å². The molecule has 0 spiro atoms. The van der Waals surface area contributed by atoms with E-state index < -0.39 is 5.97 Å². The number of carboxylic acid groups (broad SMARTS) is 1. The number of aryl methyl sites for hydroxylation is 1. The van der Waals surface area contributed by atoms with E-state index in [9.17, 15) is 9.18 Å². The molecular weight excluding hydrogens is 303 g/mol. The van der Waals surface area contributed by atoms with E-state index in [2.05, 4.69) is 0 Å². The topological polar surface area (TPSA) is 46.5 Å². The number of thioether (sulfide) groups is 1. The van der Waals surface area contributed by atoms with Crippen molar-refractivity contribution < 1.29 is 19.0 Å². The Bertz CT molecular complexity index is 641. The number of benzene rings is 2. The molecule has 0 saturated carbocycles. The molecule has 116 valence electrons. The molecule has 2 aromatic carbocycles. The standard InChI is InChI=1S/C17H17FO3S/c1-12-4-9-16(22-10-2-3-17(19)20)15(11-12)21-14-7-5-13(18)6-8-14/h4-9,11H,2-3,10H2,1H3,(H,19,20). The Kier molecular flexibility index (Phi) is 5.83. The molecule has 22 heavy (non-hydrogen) atoms. The summed E-state index contributed by atoms with van der Waals surface area (Å²) in [6.45, 7) is 1.97. The van der Waals surface area contributed by atoms with E-state index in [1.165, 1.54) is 12.1 Å². The molecule has 0 heterocycles. The quantitative estimate of drug-likeness (QED) is 0.583. The number of halogens is 1. The van der Waals surface area contributed by atoms with Gasteiger partial charge >= 0.3 is 5.97 Å². The minimum absolute atomic E-state index is 0.160. The lowest BCUT2D eigenvalue weighted by Gasteiger charge is -2.11. The molecule has 0 aromatic heterocycles. The lowest BCUT2D eigenvalue weighted by molar-refractivity contribution is -0.137. The SMILES string of the molecule is Cc1ccc(SCCCC(=O)O)c(Oc2ccc(F)cc2)c1. The smallest absolute Gasteiger partial charge is 0.303 e. The zero-order valence-electron chi connectivity index (χ0n) is 12.2. The maximum atomic E-state index is 12.9. The summed E-state index contributed by atoms with van der Waals surface area (Å²) >= 11 is 1.56. The van der Waals surface area contributed by atoms with Crippen molar-refractivity contribution in [1.82, 2.24) is 0 Å². The van der Waals surface area contributed by atoms with Gasteiger partial charge in [-0.05, 0) is 61.1 Å². The average molecular weight is 320 g/mol. The van der Waals surface area contributed by atoms with Crippen molar-refractivity contribution in [1.29, 1.82) is 0 Å². The minimum atomic E-state index is -0.785. The molecule has 0 unspecified atom stereocenters. The van der Waals surface area contributed by atoms with Gasteiger partial charge < -0.3 is 9.84 Å². The molecule has 0 aliphatic rings. The van der Waals surface area contributed by atoms with Crippen LogP contribution in [0, 0.1) is 12.7 Å². The molecule has 1 N–H and O–H groups in total. The maximum absolute atomic E-state index is 12.9. The van der Waals surface area contributed by atoms with Crippen molar-refractivity contribution in [2.24, 2.45) is 0 Å². The fourth-order valence-electron chi connectivity index (χ4n) is 1.85. The molecule has 5 heteroatoms. The Balaban J connectivity index is 2.06. The summed E-state index contributed by atoms with van der Waals surface area (Å²) in [4.78, 5) is 11.5. The summed E-state index contributed by atoms with van der Waals surface area (Å²) in [5.41, 5.74) is 1.06. The van der Waals surface area contributed by atoms with Gasteiger partial charge in [0.05, 0.1) is 4.90 Å². The first-order valence-electron chi connectivity index (χ1n) is 6.93. The van der Waals surface area contributed by atoms with Crippen LogP contribution in [0.5, 0.6) is 11.5 Å². The van der Waals surface area contributed by atoms with Gasteiger partial charge in [-0.1, -0.05) is 6.07 Å². The number of aliphatic carboxylic acids is 1. The third kappa shape index (κ3) is 5.07. The highest BCUT2D eigenvalue weighted by Gasteiger charge is 2.07. The number of hydrogen-bond acceptors (Lipinski definition) is 3. The number of ether oxygens (including phenoxy) is 1. The molecule has 0 radical (unpaired) electrons. The summed E-state index contributed by atoms with van der Waals surface area (Å²) in [5, 5.41) is 8.65. The van der Waals surface area contributed by atoms with Crippen LogP contribution >= 0.6 is 11.8 Å². The number of hydrogen-bond donors (Lipinski definition) is 1. The third-order valence-corrected chi connectivity index (χ3v) is 4.07. The number of carboxylic acids is 1. The van der Waals surface area contributed by atoms with E-state index in [1.54, 1.807) is 23.9 Å². The first-order chi connectivity index (χ1) is 10.5. The monoisotopic (exact) mass is 320 g/mol. The average Bonchev–Trinajstić information content (AvgIpc) is 2.47. The van der Waals surface area contributed by atoms with Crippen LogP contribution in [0.3, 0.4) is 0 Å². The van der Waals surface area contributed by atoms with Crippen LogP contribution < -0.4 is 4.74 Å². The predicted octanol–water partition coefficient (Wildman–Crippen LogP) is 4.88. The van der Waals surface area contributed by atoms with E-state index in [1.807, 2.05) is 25.1 Å². The van der Waals surface area contributed by atoms with Gasteiger partial charge in [0.2, 0.25) is 0 Å². The van der Waals surface area contributed by atoms with Gasteiger partial charge in [-0.15, -0.1) is 11.8 Å². The van der Waals surface area contributed by atoms with E-state index in [0.717, 1.165) is 10.5 Å². The van der Waals surface area contributed by atoms with E-state index >= 15 is 0 Å². The van der Waals surface area contributed by atoms with Crippen LogP contribution in [0.4, 0.5) is 4.39 Å². The largest absolute Gasteiger partial charge is 0.481 e. The van der Waals surface area contributed by atoms with Gasteiger partial charge in [-0.25, -0.2) is 4.39 Å². The van der Waals surface area contributed by atoms with Crippen molar-refractivity contribution in [3.8, 4) is 11.5 Å². The van der Waals surface area contributed by atoms with Crippen molar-refractivity contribution in [3.05, 3.63) is 53.8 Å². The first kappa shape index (κ1) is 16.4. The number of rotatable bonds is 7. The molecule has 0 bridgehead atoms. The van der Waals surface area contributed by atoms with Crippen LogP contribution in [-0.4, -0.2) is 16.8 Å². The van der Waals surface area contributed by atoms with Crippen molar-refractivity contribution in [2.45, 2.75) is 24.7 Å². The summed E-state index contributed by atoms with van der Waals surface area (Å²) < 4.78 is 18.8. The first-order valence-corrected chi connectivity index (χ1v) is 7.92.